The van der Waals surface area contributed by atoms with E-state index < -0.39 is 10.0 Å². The molecule has 1 aromatic heterocycles. The normalized spacial score (nSPS) is 12.7. The van der Waals surface area contributed by atoms with E-state index in [-0.39, 0.29) is 10.4 Å². The molecule has 6 heteroatoms. The molecule has 5 nitrogen and oxygen atoms in total. The van der Waals surface area contributed by atoms with Crippen molar-refractivity contribution in [1.82, 2.24) is 9.71 Å². The number of nitrogens with zero attached hydrogens (tertiary/aromatic N) is 1. The Bertz CT molecular complexity index is 429. The Hall–Kier alpha value is -0.980. The van der Waals surface area contributed by atoms with Crippen LogP contribution >= 0.6 is 0 Å². The standard InChI is InChI=1S/C10H17N3O2S/c1-10(2,7-11)8-13-16(14,15)9-5-3-4-6-12-9/h3-6,13H,7-8,11H2,1-2H3. The van der Waals surface area contributed by atoms with Crippen molar-refractivity contribution < 1.29 is 8.42 Å². The number of nitrogens with one attached hydrogen (secondary N) is 1. The van der Waals surface area contributed by atoms with Crippen LogP contribution < -0.4 is 10.5 Å². The molecule has 0 aliphatic rings. The van der Waals surface area contributed by atoms with Gasteiger partial charge in [-0.25, -0.2) is 18.1 Å². The lowest BCUT2D eigenvalue weighted by Crippen LogP contribution is -2.38. The van der Waals surface area contributed by atoms with Gasteiger partial charge in [-0.1, -0.05) is 19.9 Å². The first-order chi connectivity index (χ1) is 7.37. The Morgan fingerprint density at radius 3 is 2.62 bits per heavy atom. The van der Waals surface area contributed by atoms with E-state index in [2.05, 4.69) is 9.71 Å². The molecule has 0 atom stereocenters. The molecule has 0 bridgehead atoms. The average molecular weight is 243 g/mol. The first-order valence-electron chi connectivity index (χ1n) is 4.98. The molecule has 0 saturated heterocycles. The van der Waals surface area contributed by atoms with Crippen molar-refractivity contribution in [3.63, 3.8) is 0 Å². The maximum atomic E-state index is 11.8. The zero-order valence-electron chi connectivity index (χ0n) is 9.47. The van der Waals surface area contributed by atoms with E-state index >= 15 is 0 Å². The first kappa shape index (κ1) is 13.1. The fourth-order valence-electron chi connectivity index (χ4n) is 0.943. The molecule has 3 N–H and O–H groups in total. The molecule has 0 unspecified atom stereocenters. The molecular formula is C10H17N3O2S. The Balaban J connectivity index is 2.75. The third-order valence-electron chi connectivity index (χ3n) is 2.21. The zero-order valence-corrected chi connectivity index (χ0v) is 10.3. The van der Waals surface area contributed by atoms with E-state index in [0.29, 0.717) is 13.1 Å². The van der Waals surface area contributed by atoms with Crippen molar-refractivity contribution in [3.8, 4) is 0 Å². The van der Waals surface area contributed by atoms with Gasteiger partial charge in [0.15, 0.2) is 5.03 Å². The summed E-state index contributed by atoms with van der Waals surface area (Å²) in [5, 5.41) is 0.0304. The van der Waals surface area contributed by atoms with Crippen LogP contribution in [0.15, 0.2) is 29.4 Å². The third-order valence-corrected chi connectivity index (χ3v) is 3.52. The molecule has 0 spiro atoms. The van der Waals surface area contributed by atoms with Gasteiger partial charge < -0.3 is 5.73 Å². The molecule has 0 radical (unpaired) electrons. The lowest BCUT2D eigenvalue weighted by molar-refractivity contribution is 0.376. The van der Waals surface area contributed by atoms with Gasteiger partial charge in [0.1, 0.15) is 0 Å². The van der Waals surface area contributed by atoms with Crippen LogP contribution in [-0.2, 0) is 10.0 Å². The summed E-state index contributed by atoms with van der Waals surface area (Å²) in [5.74, 6) is 0. The van der Waals surface area contributed by atoms with E-state index in [1.165, 1.54) is 12.3 Å². The van der Waals surface area contributed by atoms with Gasteiger partial charge in [0.05, 0.1) is 0 Å². The molecule has 90 valence electrons. The van der Waals surface area contributed by atoms with E-state index in [1.807, 2.05) is 13.8 Å². The quantitative estimate of drug-likeness (QED) is 0.781. The Labute approximate surface area is 96.1 Å². The number of sulfonamides is 1. The fraction of sp³-hybridized carbons (Fsp3) is 0.500. The van der Waals surface area contributed by atoms with Gasteiger partial charge in [-0.2, -0.15) is 0 Å². The van der Waals surface area contributed by atoms with E-state index in [9.17, 15) is 8.42 Å². The predicted octanol–water partition coefficient (Wildman–Crippen LogP) is 0.345. The van der Waals surface area contributed by atoms with Gasteiger partial charge in [-0.15, -0.1) is 0 Å². The molecule has 0 aromatic carbocycles. The minimum Gasteiger partial charge on any atom is -0.330 e. The number of pyridine rings is 1. The summed E-state index contributed by atoms with van der Waals surface area (Å²) in [6, 6.07) is 4.76. The highest BCUT2D eigenvalue weighted by Gasteiger charge is 2.21. The van der Waals surface area contributed by atoms with E-state index in [4.69, 9.17) is 5.73 Å². The molecular weight excluding hydrogens is 226 g/mol. The molecule has 1 rings (SSSR count). The second-order valence-corrected chi connectivity index (χ2v) is 6.07. The minimum atomic E-state index is -3.52. The summed E-state index contributed by atoms with van der Waals surface area (Å²) in [6.45, 7) is 4.50. The lowest BCUT2D eigenvalue weighted by atomic mass is 9.95. The van der Waals surface area contributed by atoms with Crippen LogP contribution in [0.1, 0.15) is 13.8 Å². The average Bonchev–Trinajstić information content (AvgIpc) is 2.28. The van der Waals surface area contributed by atoms with Crippen molar-refractivity contribution in [1.29, 1.82) is 0 Å². The van der Waals surface area contributed by atoms with Crippen LogP contribution in [0.5, 0.6) is 0 Å². The smallest absolute Gasteiger partial charge is 0.258 e. The van der Waals surface area contributed by atoms with Gasteiger partial charge in [0.25, 0.3) is 10.0 Å². The zero-order chi connectivity index (χ0) is 12.2. The summed E-state index contributed by atoms with van der Waals surface area (Å²) in [4.78, 5) is 3.80. The Kier molecular flexibility index (Phi) is 4.01. The van der Waals surface area contributed by atoms with Gasteiger partial charge >= 0.3 is 0 Å². The van der Waals surface area contributed by atoms with E-state index in [0.717, 1.165) is 0 Å². The Morgan fingerprint density at radius 1 is 1.44 bits per heavy atom. The number of hydrogen-bond donors (Lipinski definition) is 2. The molecule has 0 aliphatic heterocycles. The highest BCUT2D eigenvalue weighted by Crippen LogP contribution is 2.12. The van der Waals surface area contributed by atoms with Crippen molar-refractivity contribution in [3.05, 3.63) is 24.4 Å². The monoisotopic (exact) mass is 243 g/mol. The summed E-state index contributed by atoms with van der Waals surface area (Å²) in [7, 11) is -3.52. The number of hydrogen-bond acceptors (Lipinski definition) is 4. The first-order valence-corrected chi connectivity index (χ1v) is 6.46. The van der Waals surface area contributed by atoms with Crippen LogP contribution in [0.2, 0.25) is 0 Å². The topological polar surface area (TPSA) is 85.1 Å². The van der Waals surface area contributed by atoms with Crippen LogP contribution in [0, 0.1) is 5.41 Å². The second-order valence-electron chi connectivity index (χ2n) is 4.36. The molecule has 0 aliphatic carbocycles. The second kappa shape index (κ2) is 4.90. The van der Waals surface area contributed by atoms with Crippen molar-refractivity contribution in [2.75, 3.05) is 13.1 Å². The SMILES string of the molecule is CC(C)(CN)CNS(=O)(=O)c1ccccn1. The highest BCUT2D eigenvalue weighted by atomic mass is 32.2. The number of rotatable bonds is 5. The van der Waals surface area contributed by atoms with Crippen molar-refractivity contribution in [2.24, 2.45) is 11.1 Å². The van der Waals surface area contributed by atoms with Gasteiger partial charge in [0, 0.05) is 12.7 Å². The molecule has 1 heterocycles. The molecule has 0 amide bonds. The predicted molar refractivity (Wildman–Crippen MR) is 62.3 cm³/mol. The lowest BCUT2D eigenvalue weighted by Gasteiger charge is -2.22. The fourth-order valence-corrected chi connectivity index (χ4v) is 2.13. The molecule has 1 aromatic rings. The summed E-state index contributed by atoms with van der Waals surface area (Å²) in [5.41, 5.74) is 5.26. The largest absolute Gasteiger partial charge is 0.330 e. The summed E-state index contributed by atoms with van der Waals surface area (Å²) < 4.78 is 26.1. The third kappa shape index (κ3) is 3.55. The number of aromatic nitrogens is 1. The van der Waals surface area contributed by atoms with Gasteiger partial charge in [0.2, 0.25) is 0 Å². The maximum absolute atomic E-state index is 11.8. The Morgan fingerprint density at radius 2 is 2.12 bits per heavy atom. The maximum Gasteiger partial charge on any atom is 0.258 e. The van der Waals surface area contributed by atoms with Crippen molar-refractivity contribution in [2.45, 2.75) is 18.9 Å². The minimum absolute atomic E-state index is 0.0304. The van der Waals surface area contributed by atoms with Crippen LogP contribution in [0.4, 0.5) is 0 Å². The highest BCUT2D eigenvalue weighted by molar-refractivity contribution is 7.89. The molecule has 0 fully saturated rings. The number of nitrogens with two attached hydrogens (primary N) is 1. The van der Waals surface area contributed by atoms with Crippen LogP contribution in [0.3, 0.4) is 0 Å². The van der Waals surface area contributed by atoms with Gasteiger partial charge in [-0.05, 0) is 24.1 Å². The molecule has 16 heavy (non-hydrogen) atoms. The van der Waals surface area contributed by atoms with Crippen molar-refractivity contribution >= 4 is 10.0 Å². The van der Waals surface area contributed by atoms with Crippen LogP contribution in [0.25, 0.3) is 0 Å². The summed E-state index contributed by atoms with van der Waals surface area (Å²) >= 11 is 0. The molecule has 0 saturated carbocycles. The summed E-state index contributed by atoms with van der Waals surface area (Å²) in [6.07, 6.45) is 1.45. The van der Waals surface area contributed by atoms with Gasteiger partial charge in [-0.3, -0.25) is 0 Å². The van der Waals surface area contributed by atoms with Crippen LogP contribution in [-0.4, -0.2) is 26.5 Å². The van der Waals surface area contributed by atoms with E-state index in [1.54, 1.807) is 12.1 Å².